The number of rotatable bonds is 8. The standard InChI is InChI=1S/C22H22N2O5S/c1-2-9-27-18-6-4-3-5-16(18)11-24(21(25)12-23-14-30-13-22(23)26)17-7-8-19-20(10-17)29-15-28-19/h2-8,10H,1,9,11-15H2. The molecule has 2 aliphatic rings. The highest BCUT2D eigenvalue weighted by molar-refractivity contribution is 8.00. The zero-order valence-corrected chi connectivity index (χ0v) is 17.2. The molecule has 0 spiro atoms. The number of thioether (sulfide) groups is 1. The molecule has 0 unspecified atom stereocenters. The monoisotopic (exact) mass is 426 g/mol. The van der Waals surface area contributed by atoms with Gasteiger partial charge in [0.2, 0.25) is 18.6 Å². The number of carbonyl (C=O) groups excluding carboxylic acids is 2. The number of carbonyl (C=O) groups is 2. The van der Waals surface area contributed by atoms with E-state index in [1.54, 1.807) is 28.0 Å². The van der Waals surface area contributed by atoms with Crippen molar-refractivity contribution in [2.45, 2.75) is 6.54 Å². The smallest absolute Gasteiger partial charge is 0.246 e. The van der Waals surface area contributed by atoms with Crippen molar-refractivity contribution < 1.29 is 23.8 Å². The van der Waals surface area contributed by atoms with E-state index in [1.807, 2.05) is 30.3 Å². The summed E-state index contributed by atoms with van der Waals surface area (Å²) in [5, 5.41) is 0. The topological polar surface area (TPSA) is 68.3 Å². The van der Waals surface area contributed by atoms with Crippen molar-refractivity contribution in [2.75, 3.05) is 36.5 Å². The second-order valence-corrected chi connectivity index (χ2v) is 7.75. The first kappa shape index (κ1) is 20.2. The van der Waals surface area contributed by atoms with Crippen LogP contribution in [-0.2, 0) is 16.1 Å². The van der Waals surface area contributed by atoms with Crippen molar-refractivity contribution in [3.05, 3.63) is 60.7 Å². The molecule has 2 aromatic rings. The number of ether oxygens (including phenoxy) is 3. The summed E-state index contributed by atoms with van der Waals surface area (Å²) < 4.78 is 16.6. The van der Waals surface area contributed by atoms with Gasteiger partial charge in [0.15, 0.2) is 11.5 Å². The highest BCUT2D eigenvalue weighted by Crippen LogP contribution is 2.36. The Morgan fingerprint density at radius 2 is 2.07 bits per heavy atom. The lowest BCUT2D eigenvalue weighted by Crippen LogP contribution is -2.41. The average Bonchev–Trinajstić information content (AvgIpc) is 3.39. The van der Waals surface area contributed by atoms with Crippen LogP contribution in [0, 0.1) is 0 Å². The van der Waals surface area contributed by atoms with Crippen molar-refractivity contribution in [1.82, 2.24) is 4.90 Å². The summed E-state index contributed by atoms with van der Waals surface area (Å²) in [6, 6.07) is 13.0. The maximum Gasteiger partial charge on any atom is 0.246 e. The summed E-state index contributed by atoms with van der Waals surface area (Å²) in [6.45, 7) is 4.53. The summed E-state index contributed by atoms with van der Waals surface area (Å²) in [5.41, 5.74) is 1.52. The molecule has 0 aromatic heterocycles. The lowest BCUT2D eigenvalue weighted by Gasteiger charge is -2.26. The van der Waals surface area contributed by atoms with Gasteiger partial charge in [0.1, 0.15) is 18.9 Å². The van der Waals surface area contributed by atoms with E-state index in [-0.39, 0.29) is 25.2 Å². The molecule has 8 heteroatoms. The first-order valence-corrected chi connectivity index (χ1v) is 10.7. The lowest BCUT2D eigenvalue weighted by atomic mass is 10.1. The number of nitrogens with zero attached hydrogens (tertiary/aromatic N) is 2. The second kappa shape index (κ2) is 9.13. The quantitative estimate of drug-likeness (QED) is 0.605. The first-order valence-electron chi connectivity index (χ1n) is 9.53. The van der Waals surface area contributed by atoms with Crippen LogP contribution in [0.2, 0.25) is 0 Å². The number of benzene rings is 2. The van der Waals surface area contributed by atoms with Gasteiger partial charge in [0.05, 0.1) is 18.2 Å². The third-order valence-corrected chi connectivity index (χ3v) is 5.72. The molecule has 1 saturated heterocycles. The fraction of sp³-hybridized carbons (Fsp3) is 0.273. The van der Waals surface area contributed by atoms with E-state index < -0.39 is 0 Å². The Balaban J connectivity index is 1.63. The third kappa shape index (κ3) is 4.38. The van der Waals surface area contributed by atoms with Crippen molar-refractivity contribution >= 4 is 29.3 Å². The SMILES string of the molecule is C=CCOc1ccccc1CN(C(=O)CN1CSCC1=O)c1ccc2c(c1)OCO2. The molecule has 0 N–H and O–H groups in total. The largest absolute Gasteiger partial charge is 0.489 e. The van der Waals surface area contributed by atoms with Crippen LogP contribution in [0.25, 0.3) is 0 Å². The Morgan fingerprint density at radius 3 is 2.87 bits per heavy atom. The molecule has 0 bridgehead atoms. The average molecular weight is 426 g/mol. The van der Waals surface area contributed by atoms with Crippen LogP contribution in [0.15, 0.2) is 55.1 Å². The molecule has 0 atom stereocenters. The summed E-state index contributed by atoms with van der Waals surface area (Å²) >= 11 is 1.51. The second-order valence-electron chi connectivity index (χ2n) is 6.79. The third-order valence-electron chi connectivity index (χ3n) is 4.78. The van der Waals surface area contributed by atoms with E-state index in [4.69, 9.17) is 14.2 Å². The van der Waals surface area contributed by atoms with Crippen LogP contribution < -0.4 is 19.1 Å². The van der Waals surface area contributed by atoms with E-state index >= 15 is 0 Å². The summed E-state index contributed by atoms with van der Waals surface area (Å²) in [6.07, 6.45) is 1.67. The Labute approximate surface area is 179 Å². The van der Waals surface area contributed by atoms with Crippen molar-refractivity contribution in [3.63, 3.8) is 0 Å². The molecule has 0 radical (unpaired) electrons. The summed E-state index contributed by atoms with van der Waals surface area (Å²) in [4.78, 5) is 28.5. The van der Waals surface area contributed by atoms with E-state index in [2.05, 4.69) is 6.58 Å². The Morgan fingerprint density at radius 1 is 1.23 bits per heavy atom. The maximum atomic E-state index is 13.3. The van der Waals surface area contributed by atoms with Crippen LogP contribution in [0.3, 0.4) is 0 Å². The van der Waals surface area contributed by atoms with Gasteiger partial charge in [-0.25, -0.2) is 0 Å². The van der Waals surface area contributed by atoms with Gasteiger partial charge < -0.3 is 24.0 Å². The van der Waals surface area contributed by atoms with Crippen molar-refractivity contribution in [1.29, 1.82) is 0 Å². The van der Waals surface area contributed by atoms with Crippen molar-refractivity contribution in [2.24, 2.45) is 0 Å². The number of amides is 2. The predicted molar refractivity (Wildman–Crippen MR) is 115 cm³/mol. The molecule has 156 valence electrons. The molecule has 0 aliphatic carbocycles. The molecule has 2 aromatic carbocycles. The molecular formula is C22H22N2O5S. The molecule has 2 amide bonds. The van der Waals surface area contributed by atoms with Gasteiger partial charge in [-0.2, -0.15) is 0 Å². The van der Waals surface area contributed by atoms with Crippen LogP contribution >= 0.6 is 11.8 Å². The van der Waals surface area contributed by atoms with Crippen LogP contribution in [0.1, 0.15) is 5.56 Å². The number of anilines is 1. The Hall–Kier alpha value is -3.13. The minimum atomic E-state index is -0.178. The minimum absolute atomic E-state index is 0.0197. The molecule has 2 heterocycles. The summed E-state index contributed by atoms with van der Waals surface area (Å²) in [5.74, 6) is 2.66. The van der Waals surface area contributed by atoms with Crippen LogP contribution in [-0.4, -0.2) is 48.3 Å². The van der Waals surface area contributed by atoms with E-state index in [1.165, 1.54) is 11.8 Å². The van der Waals surface area contributed by atoms with Gasteiger partial charge in [-0.05, 0) is 18.2 Å². The molecule has 2 aliphatic heterocycles. The summed E-state index contributed by atoms with van der Waals surface area (Å²) in [7, 11) is 0. The van der Waals surface area contributed by atoms with E-state index in [9.17, 15) is 9.59 Å². The highest BCUT2D eigenvalue weighted by atomic mass is 32.2. The van der Waals surface area contributed by atoms with Crippen LogP contribution in [0.4, 0.5) is 5.69 Å². The zero-order chi connectivity index (χ0) is 20.9. The predicted octanol–water partition coefficient (Wildman–Crippen LogP) is 3.05. The first-order chi connectivity index (χ1) is 14.7. The molecule has 1 fully saturated rings. The van der Waals surface area contributed by atoms with Crippen molar-refractivity contribution in [3.8, 4) is 17.2 Å². The van der Waals surface area contributed by atoms with Crippen LogP contribution in [0.5, 0.6) is 17.2 Å². The van der Waals surface area contributed by atoms with E-state index in [0.717, 1.165) is 5.56 Å². The molecule has 0 saturated carbocycles. The normalized spacial score (nSPS) is 14.7. The van der Waals surface area contributed by atoms with Gasteiger partial charge in [0, 0.05) is 17.3 Å². The minimum Gasteiger partial charge on any atom is -0.489 e. The molecular weight excluding hydrogens is 404 g/mol. The highest BCUT2D eigenvalue weighted by Gasteiger charge is 2.27. The molecule has 7 nitrogen and oxygen atoms in total. The van der Waals surface area contributed by atoms with Gasteiger partial charge in [-0.15, -0.1) is 11.8 Å². The van der Waals surface area contributed by atoms with Gasteiger partial charge in [-0.1, -0.05) is 30.9 Å². The maximum absolute atomic E-state index is 13.3. The number of fused-ring (bicyclic) bond motifs is 1. The molecule has 4 rings (SSSR count). The molecule has 30 heavy (non-hydrogen) atoms. The fourth-order valence-corrected chi connectivity index (χ4v) is 4.16. The van der Waals surface area contributed by atoms with Gasteiger partial charge in [0.25, 0.3) is 0 Å². The Kier molecular flexibility index (Phi) is 6.13. The number of hydrogen-bond acceptors (Lipinski definition) is 6. The van der Waals surface area contributed by atoms with Gasteiger partial charge >= 0.3 is 0 Å². The van der Waals surface area contributed by atoms with Gasteiger partial charge in [-0.3, -0.25) is 9.59 Å². The Bertz CT molecular complexity index is 964. The number of para-hydroxylation sites is 1. The lowest BCUT2D eigenvalue weighted by molar-refractivity contribution is -0.131. The van der Waals surface area contributed by atoms with E-state index in [0.29, 0.717) is 47.7 Å². The fourth-order valence-electron chi connectivity index (χ4n) is 3.26. The number of hydrogen-bond donors (Lipinski definition) is 0. The zero-order valence-electron chi connectivity index (χ0n) is 16.4.